The summed E-state index contributed by atoms with van der Waals surface area (Å²) in [5.74, 6) is 0. The van der Waals surface area contributed by atoms with Gasteiger partial charge in [-0.1, -0.05) is 188 Å². The quantitative estimate of drug-likeness (QED) is 0.141. The SMILES string of the molecule is c1ccc(-c2ccc(N(c3ccc(-c4ccccc4)cc3)c3cccc(-c4cccc(-c5cccc6c5c5ccccc5n6-c5ccc(-c6ccccc6)cc5)c4)c3)cc2)cc1. The minimum atomic E-state index is 1.09. The molecule has 0 unspecified atom stereocenters. The van der Waals surface area contributed by atoms with E-state index in [0.29, 0.717) is 0 Å². The van der Waals surface area contributed by atoms with E-state index in [1.165, 1.54) is 71.9 Å². The zero-order valence-electron chi connectivity index (χ0n) is 34.1. The van der Waals surface area contributed by atoms with Crippen LogP contribution >= 0.6 is 0 Å². The van der Waals surface area contributed by atoms with Crippen LogP contribution in [-0.2, 0) is 0 Å². The fourth-order valence-electron chi connectivity index (χ4n) is 8.98. The number of hydrogen-bond acceptors (Lipinski definition) is 1. The van der Waals surface area contributed by atoms with Gasteiger partial charge in [0.15, 0.2) is 0 Å². The first-order valence-corrected chi connectivity index (χ1v) is 21.3. The molecule has 0 aliphatic carbocycles. The van der Waals surface area contributed by atoms with Gasteiger partial charge < -0.3 is 9.47 Å². The highest BCUT2D eigenvalue weighted by Crippen LogP contribution is 2.42. The normalized spacial score (nSPS) is 11.2. The maximum absolute atomic E-state index is 2.41. The molecule has 0 bridgehead atoms. The molecule has 0 aliphatic heterocycles. The minimum Gasteiger partial charge on any atom is -0.310 e. The number of aromatic nitrogens is 1. The Morgan fingerprint density at radius 2 is 0.677 bits per heavy atom. The first kappa shape index (κ1) is 36.8. The molecule has 62 heavy (non-hydrogen) atoms. The Morgan fingerprint density at radius 1 is 0.258 bits per heavy atom. The molecule has 11 aromatic rings. The van der Waals surface area contributed by atoms with E-state index in [0.717, 1.165) is 28.3 Å². The van der Waals surface area contributed by atoms with E-state index in [-0.39, 0.29) is 0 Å². The van der Waals surface area contributed by atoms with E-state index in [1.807, 2.05) is 0 Å². The van der Waals surface area contributed by atoms with Gasteiger partial charge in [0, 0.05) is 33.5 Å². The van der Waals surface area contributed by atoms with Gasteiger partial charge in [-0.3, -0.25) is 0 Å². The van der Waals surface area contributed by atoms with Crippen molar-refractivity contribution in [2.75, 3.05) is 4.90 Å². The highest BCUT2D eigenvalue weighted by atomic mass is 15.1. The molecule has 0 amide bonds. The predicted molar refractivity (Wildman–Crippen MR) is 263 cm³/mol. The molecule has 1 aromatic heterocycles. The molecule has 2 heteroatoms. The minimum absolute atomic E-state index is 1.09. The van der Waals surface area contributed by atoms with Crippen LogP contribution in [0, 0.1) is 0 Å². The van der Waals surface area contributed by atoms with Crippen molar-refractivity contribution in [1.82, 2.24) is 4.57 Å². The zero-order valence-corrected chi connectivity index (χ0v) is 34.1. The van der Waals surface area contributed by atoms with Gasteiger partial charge in [-0.15, -0.1) is 0 Å². The lowest BCUT2D eigenvalue weighted by atomic mass is 9.95. The third-order valence-electron chi connectivity index (χ3n) is 12.0. The van der Waals surface area contributed by atoms with Crippen LogP contribution in [0.4, 0.5) is 17.1 Å². The fraction of sp³-hybridized carbons (Fsp3) is 0. The summed E-state index contributed by atoms with van der Waals surface area (Å²) in [6.45, 7) is 0. The van der Waals surface area contributed by atoms with Crippen LogP contribution in [0.2, 0.25) is 0 Å². The highest BCUT2D eigenvalue weighted by Gasteiger charge is 2.18. The van der Waals surface area contributed by atoms with Crippen LogP contribution in [-0.4, -0.2) is 4.57 Å². The first-order valence-electron chi connectivity index (χ1n) is 21.3. The number of rotatable bonds is 9. The number of benzene rings is 10. The van der Waals surface area contributed by atoms with Gasteiger partial charge >= 0.3 is 0 Å². The predicted octanol–water partition coefficient (Wildman–Crippen LogP) is 16.6. The first-order chi connectivity index (χ1) is 30.7. The molecule has 0 fully saturated rings. The largest absolute Gasteiger partial charge is 0.310 e. The van der Waals surface area contributed by atoms with Crippen molar-refractivity contribution < 1.29 is 0 Å². The average molecular weight is 791 g/mol. The van der Waals surface area contributed by atoms with Crippen LogP contribution in [0.3, 0.4) is 0 Å². The molecule has 0 N–H and O–H groups in total. The van der Waals surface area contributed by atoms with Crippen molar-refractivity contribution in [3.05, 3.63) is 255 Å². The molecule has 0 spiro atoms. The number of para-hydroxylation sites is 1. The third-order valence-corrected chi connectivity index (χ3v) is 12.0. The Balaban J connectivity index is 0.984. The summed E-state index contributed by atoms with van der Waals surface area (Å²) in [5, 5.41) is 2.50. The molecule has 0 atom stereocenters. The van der Waals surface area contributed by atoms with E-state index in [4.69, 9.17) is 0 Å². The summed E-state index contributed by atoms with van der Waals surface area (Å²) in [6.07, 6.45) is 0. The van der Waals surface area contributed by atoms with Crippen molar-refractivity contribution >= 4 is 38.9 Å². The summed E-state index contributed by atoms with van der Waals surface area (Å²) < 4.78 is 2.41. The monoisotopic (exact) mass is 790 g/mol. The standard InChI is InChI=1S/C60H42N2/c1-4-15-43(16-5-1)46-29-35-52(36-30-46)61(53-37-31-47(32-38-53)44-17-6-2-7-18-44)55-24-13-22-50(42-55)49-21-12-23-51(41-49)56-26-14-28-59-60(56)57-25-10-11-27-58(57)62(59)54-39-33-48(34-40-54)45-19-8-3-9-20-45/h1-42H. The van der Waals surface area contributed by atoms with Gasteiger partial charge in [-0.05, 0) is 122 Å². The van der Waals surface area contributed by atoms with Gasteiger partial charge in [0.2, 0.25) is 0 Å². The van der Waals surface area contributed by atoms with Crippen LogP contribution < -0.4 is 4.90 Å². The molecule has 10 aromatic carbocycles. The molecule has 11 rings (SSSR count). The zero-order chi connectivity index (χ0) is 41.2. The molecule has 292 valence electrons. The summed E-state index contributed by atoms with van der Waals surface area (Å²) in [6, 6.07) is 92.0. The number of fused-ring (bicyclic) bond motifs is 3. The van der Waals surface area contributed by atoms with Crippen LogP contribution in [0.25, 0.3) is 83.1 Å². The molecular formula is C60H42N2. The Bertz CT molecular complexity index is 3210. The van der Waals surface area contributed by atoms with Crippen LogP contribution in [0.5, 0.6) is 0 Å². The van der Waals surface area contributed by atoms with Gasteiger partial charge in [-0.25, -0.2) is 0 Å². The molecular weight excluding hydrogens is 749 g/mol. The van der Waals surface area contributed by atoms with Crippen LogP contribution in [0.1, 0.15) is 0 Å². The lowest BCUT2D eigenvalue weighted by molar-refractivity contribution is 1.18. The molecule has 0 aliphatic rings. The maximum Gasteiger partial charge on any atom is 0.0547 e. The second kappa shape index (κ2) is 16.1. The molecule has 0 saturated carbocycles. The number of nitrogens with zero attached hydrogens (tertiary/aromatic N) is 2. The molecule has 0 saturated heterocycles. The second-order valence-electron chi connectivity index (χ2n) is 15.8. The maximum atomic E-state index is 2.41. The van der Waals surface area contributed by atoms with Crippen LogP contribution in [0.15, 0.2) is 255 Å². The number of anilines is 3. The highest BCUT2D eigenvalue weighted by molar-refractivity contribution is 6.16. The average Bonchev–Trinajstić information content (AvgIpc) is 3.70. The van der Waals surface area contributed by atoms with Crippen molar-refractivity contribution in [2.24, 2.45) is 0 Å². The summed E-state index contributed by atoms with van der Waals surface area (Å²) in [5.41, 5.74) is 18.8. The van der Waals surface area contributed by atoms with Crippen molar-refractivity contribution in [1.29, 1.82) is 0 Å². The Kier molecular flexibility index (Phi) is 9.57. The second-order valence-corrected chi connectivity index (χ2v) is 15.8. The topological polar surface area (TPSA) is 8.17 Å². The fourth-order valence-corrected chi connectivity index (χ4v) is 8.98. The van der Waals surface area contributed by atoms with Crippen molar-refractivity contribution in [3.63, 3.8) is 0 Å². The smallest absolute Gasteiger partial charge is 0.0547 e. The van der Waals surface area contributed by atoms with E-state index in [1.54, 1.807) is 0 Å². The van der Waals surface area contributed by atoms with Crippen molar-refractivity contribution in [2.45, 2.75) is 0 Å². The lowest BCUT2D eigenvalue weighted by Crippen LogP contribution is -2.10. The molecule has 1 heterocycles. The van der Waals surface area contributed by atoms with Gasteiger partial charge in [0.1, 0.15) is 0 Å². The Hall–Kier alpha value is -8.20. The van der Waals surface area contributed by atoms with E-state index in [9.17, 15) is 0 Å². The van der Waals surface area contributed by atoms with Gasteiger partial charge in [-0.2, -0.15) is 0 Å². The summed E-state index contributed by atoms with van der Waals surface area (Å²) in [4.78, 5) is 2.36. The Labute approximate surface area is 362 Å². The van der Waals surface area contributed by atoms with E-state index < -0.39 is 0 Å². The third kappa shape index (κ3) is 6.94. The number of hydrogen-bond donors (Lipinski definition) is 0. The van der Waals surface area contributed by atoms with Gasteiger partial charge in [0.05, 0.1) is 11.0 Å². The summed E-state index contributed by atoms with van der Waals surface area (Å²) in [7, 11) is 0. The lowest BCUT2D eigenvalue weighted by Gasteiger charge is -2.26. The summed E-state index contributed by atoms with van der Waals surface area (Å²) >= 11 is 0. The van der Waals surface area contributed by atoms with E-state index >= 15 is 0 Å². The van der Waals surface area contributed by atoms with Gasteiger partial charge in [0.25, 0.3) is 0 Å². The van der Waals surface area contributed by atoms with Crippen molar-refractivity contribution in [3.8, 4) is 61.3 Å². The molecule has 0 radical (unpaired) electrons. The van der Waals surface area contributed by atoms with E-state index in [2.05, 4.69) is 264 Å². The molecule has 2 nitrogen and oxygen atoms in total. The Morgan fingerprint density at radius 3 is 1.26 bits per heavy atom.